The van der Waals surface area contributed by atoms with E-state index in [0.29, 0.717) is 34.9 Å². The number of aryl methyl sites for hydroxylation is 1. The van der Waals surface area contributed by atoms with Crippen LogP contribution in [-0.2, 0) is 11.8 Å². The lowest BCUT2D eigenvalue weighted by Crippen LogP contribution is -2.28. The number of likely N-dealkylation sites (N-methyl/N-ethyl adjacent to an activating group) is 2. The number of benzene rings is 2. The molecule has 12 heteroatoms. The van der Waals surface area contributed by atoms with Crippen molar-refractivity contribution in [2.24, 2.45) is 7.05 Å². The van der Waals surface area contributed by atoms with E-state index < -0.39 is 10.9 Å². The Bertz CT molecular complexity index is 1530. The van der Waals surface area contributed by atoms with Crippen LogP contribution in [0, 0.1) is 10.1 Å². The van der Waals surface area contributed by atoms with Crippen LogP contribution in [-0.4, -0.2) is 78.8 Å². The van der Waals surface area contributed by atoms with Crippen molar-refractivity contribution in [1.29, 1.82) is 0 Å². The van der Waals surface area contributed by atoms with Gasteiger partial charge < -0.3 is 29.2 Å². The first-order valence-corrected chi connectivity index (χ1v) is 12.1. The molecule has 0 saturated heterocycles. The molecule has 2 heterocycles. The molecule has 0 saturated carbocycles. The summed E-state index contributed by atoms with van der Waals surface area (Å²) in [5.41, 5.74) is 3.47. The van der Waals surface area contributed by atoms with Crippen molar-refractivity contribution in [1.82, 2.24) is 19.4 Å². The summed E-state index contributed by atoms with van der Waals surface area (Å²) < 4.78 is 12.4. The number of nitrogens with one attached hydrogen (secondary N) is 1. The molecule has 4 aromatic rings. The van der Waals surface area contributed by atoms with Gasteiger partial charge in [-0.15, -0.1) is 0 Å². The van der Waals surface area contributed by atoms with Gasteiger partial charge in [0.05, 0.1) is 36.1 Å². The summed E-state index contributed by atoms with van der Waals surface area (Å²) in [6.07, 6.45) is 3.51. The number of anilines is 3. The molecule has 0 aliphatic carbocycles. The molecule has 39 heavy (non-hydrogen) atoms. The van der Waals surface area contributed by atoms with Gasteiger partial charge >= 0.3 is 5.97 Å². The molecule has 1 N–H and O–H groups in total. The molecule has 4 rings (SSSR count). The maximum Gasteiger partial charge on any atom is 0.337 e. The number of carbonyl (C=O) groups is 1. The van der Waals surface area contributed by atoms with Crippen molar-refractivity contribution in [3.63, 3.8) is 0 Å². The molecule has 0 amide bonds. The molecule has 0 atom stereocenters. The Morgan fingerprint density at radius 2 is 1.90 bits per heavy atom. The molecule has 0 bridgehead atoms. The predicted molar refractivity (Wildman–Crippen MR) is 150 cm³/mol. The van der Waals surface area contributed by atoms with Crippen LogP contribution in [0.3, 0.4) is 0 Å². The van der Waals surface area contributed by atoms with Gasteiger partial charge in [0.2, 0.25) is 5.95 Å². The maximum absolute atomic E-state index is 12.1. The Kier molecular flexibility index (Phi) is 7.96. The number of ether oxygens (including phenoxy) is 2. The van der Waals surface area contributed by atoms with E-state index in [1.807, 2.05) is 47.8 Å². The number of nitro benzene ring substituents is 1. The number of rotatable bonds is 10. The van der Waals surface area contributed by atoms with Crippen LogP contribution in [0.2, 0.25) is 0 Å². The second-order valence-corrected chi connectivity index (χ2v) is 9.29. The lowest BCUT2D eigenvalue weighted by atomic mass is 10.1. The molecule has 0 aliphatic heterocycles. The van der Waals surface area contributed by atoms with Gasteiger partial charge in [-0.2, -0.15) is 0 Å². The van der Waals surface area contributed by atoms with Crippen molar-refractivity contribution >= 4 is 39.9 Å². The van der Waals surface area contributed by atoms with Crippen LogP contribution in [0.4, 0.5) is 23.0 Å². The fourth-order valence-electron chi connectivity index (χ4n) is 4.28. The first kappa shape index (κ1) is 27.3. The van der Waals surface area contributed by atoms with Crippen molar-refractivity contribution in [2.75, 3.05) is 58.7 Å². The molecule has 2 aromatic heterocycles. The van der Waals surface area contributed by atoms with Crippen LogP contribution >= 0.6 is 0 Å². The van der Waals surface area contributed by atoms with Gasteiger partial charge in [0.25, 0.3) is 5.69 Å². The summed E-state index contributed by atoms with van der Waals surface area (Å²) in [6.45, 7) is 1.32. The summed E-state index contributed by atoms with van der Waals surface area (Å²) >= 11 is 0. The van der Waals surface area contributed by atoms with Gasteiger partial charge in [-0.25, -0.2) is 14.8 Å². The number of nitro groups is 1. The quantitative estimate of drug-likeness (QED) is 0.181. The van der Waals surface area contributed by atoms with Gasteiger partial charge in [0.1, 0.15) is 11.4 Å². The minimum Gasteiger partial charge on any atom is -0.494 e. The molecule has 12 nitrogen and oxygen atoms in total. The summed E-state index contributed by atoms with van der Waals surface area (Å²) in [5, 5.41) is 15.9. The first-order valence-electron chi connectivity index (χ1n) is 12.1. The SMILES string of the molecule is COC(=O)c1ccc2c(c1)c(-c1ccnc(Nc3cc([N+](=O)[O-])c(N(C)CCN(C)C)cc3OC)n1)cn2C. The average molecular weight is 534 g/mol. The van der Waals surface area contributed by atoms with Crippen LogP contribution in [0.15, 0.2) is 48.8 Å². The highest BCUT2D eigenvalue weighted by atomic mass is 16.6. The van der Waals surface area contributed by atoms with Gasteiger partial charge in [0, 0.05) is 68.2 Å². The van der Waals surface area contributed by atoms with E-state index in [4.69, 9.17) is 9.47 Å². The van der Waals surface area contributed by atoms with E-state index >= 15 is 0 Å². The fraction of sp³-hybridized carbons (Fsp3) is 0.296. The van der Waals surface area contributed by atoms with E-state index in [2.05, 4.69) is 15.3 Å². The molecule has 0 unspecified atom stereocenters. The molecule has 0 aliphatic rings. The van der Waals surface area contributed by atoms with E-state index in [1.54, 1.807) is 37.5 Å². The second-order valence-electron chi connectivity index (χ2n) is 9.29. The van der Waals surface area contributed by atoms with E-state index in [-0.39, 0.29) is 11.6 Å². The summed E-state index contributed by atoms with van der Waals surface area (Å²) in [7, 11) is 10.4. The standard InChI is InChI=1S/C27H31N7O5/c1-31(2)11-12-32(3)23-15-25(38-5)21(14-24(23)34(36)37)30-27-28-10-9-20(29-27)19-16-33(4)22-8-7-17(13-18(19)22)26(35)39-6/h7-10,13-16H,11-12H2,1-6H3,(H,28,29,30). The molecular formula is C27H31N7O5. The number of methoxy groups -OCH3 is 2. The fourth-order valence-corrected chi connectivity index (χ4v) is 4.28. The summed E-state index contributed by atoms with van der Waals surface area (Å²) in [4.78, 5) is 36.5. The zero-order valence-electron chi connectivity index (χ0n) is 22.8. The highest BCUT2D eigenvalue weighted by Crippen LogP contribution is 2.39. The number of carbonyl (C=O) groups excluding carboxylic acids is 1. The molecule has 0 spiro atoms. The monoisotopic (exact) mass is 533 g/mol. The lowest BCUT2D eigenvalue weighted by molar-refractivity contribution is -0.384. The number of hydrogen-bond acceptors (Lipinski definition) is 10. The highest BCUT2D eigenvalue weighted by molar-refractivity contribution is 6.00. The number of hydrogen-bond donors (Lipinski definition) is 1. The lowest BCUT2D eigenvalue weighted by Gasteiger charge is -2.22. The number of nitrogens with zero attached hydrogens (tertiary/aromatic N) is 6. The Hall–Kier alpha value is -4.71. The Labute approximate surface area is 225 Å². The Balaban J connectivity index is 1.72. The van der Waals surface area contributed by atoms with Crippen molar-refractivity contribution in [3.05, 3.63) is 64.5 Å². The van der Waals surface area contributed by atoms with E-state index in [1.165, 1.54) is 20.3 Å². The van der Waals surface area contributed by atoms with E-state index in [0.717, 1.165) is 23.0 Å². The molecule has 0 fully saturated rings. The second kappa shape index (κ2) is 11.4. The number of fused-ring (bicyclic) bond motifs is 1. The average Bonchev–Trinajstić information content (AvgIpc) is 3.26. The third kappa shape index (κ3) is 5.75. The first-order chi connectivity index (χ1) is 18.6. The van der Waals surface area contributed by atoms with Crippen molar-refractivity contribution < 1.29 is 19.2 Å². The van der Waals surface area contributed by atoms with Crippen LogP contribution in [0.1, 0.15) is 10.4 Å². The van der Waals surface area contributed by atoms with Crippen molar-refractivity contribution in [2.45, 2.75) is 0 Å². The maximum atomic E-state index is 12.1. The topological polar surface area (TPSA) is 128 Å². The van der Waals surface area contributed by atoms with Crippen LogP contribution in [0.5, 0.6) is 5.75 Å². The van der Waals surface area contributed by atoms with Gasteiger partial charge in [-0.05, 0) is 38.4 Å². The minimum atomic E-state index is -0.429. The Morgan fingerprint density at radius 3 is 2.56 bits per heavy atom. The normalized spacial score (nSPS) is 11.1. The zero-order chi connectivity index (χ0) is 28.3. The molecular weight excluding hydrogens is 502 g/mol. The minimum absolute atomic E-state index is 0.0693. The molecule has 2 aromatic carbocycles. The smallest absolute Gasteiger partial charge is 0.337 e. The number of aromatic nitrogens is 3. The Morgan fingerprint density at radius 1 is 1.13 bits per heavy atom. The third-order valence-corrected chi connectivity index (χ3v) is 6.38. The van der Waals surface area contributed by atoms with Gasteiger partial charge in [0.15, 0.2) is 0 Å². The van der Waals surface area contributed by atoms with Crippen LogP contribution < -0.4 is 15.0 Å². The molecule has 204 valence electrons. The van der Waals surface area contributed by atoms with E-state index in [9.17, 15) is 14.9 Å². The largest absolute Gasteiger partial charge is 0.494 e. The number of esters is 1. The van der Waals surface area contributed by atoms with Crippen LogP contribution in [0.25, 0.3) is 22.2 Å². The van der Waals surface area contributed by atoms with Gasteiger partial charge in [-0.1, -0.05) is 0 Å². The third-order valence-electron chi connectivity index (χ3n) is 6.38. The van der Waals surface area contributed by atoms with Gasteiger partial charge in [-0.3, -0.25) is 10.1 Å². The predicted octanol–water partition coefficient (Wildman–Crippen LogP) is 4.08. The highest BCUT2D eigenvalue weighted by Gasteiger charge is 2.23. The summed E-state index contributed by atoms with van der Waals surface area (Å²) in [5.74, 6) is 0.213. The summed E-state index contributed by atoms with van der Waals surface area (Å²) in [6, 6.07) is 10.2. The zero-order valence-corrected chi connectivity index (χ0v) is 22.8. The molecule has 0 radical (unpaired) electrons. The van der Waals surface area contributed by atoms with Crippen molar-refractivity contribution in [3.8, 4) is 17.0 Å².